The standard InChI is InChI=1S/C26H36ClN3O5S/c1-5-23(26(32)28-6-2)29(18-16-20-11-8-7-9-12-20)25(31)13-10-17-30(36(4,33)34)21-14-15-24(35-3)22(27)19-21/h7-9,11-12,14-15,19,23H,5-6,10,13,16-18H2,1-4H3,(H,28,32)/t23-/m0/s1. The lowest BCUT2D eigenvalue weighted by molar-refractivity contribution is -0.140. The highest BCUT2D eigenvalue weighted by Gasteiger charge is 2.28. The van der Waals surface area contributed by atoms with Crippen LogP contribution in [0.2, 0.25) is 5.02 Å². The van der Waals surface area contributed by atoms with E-state index in [0.717, 1.165) is 11.8 Å². The lowest BCUT2D eigenvalue weighted by Crippen LogP contribution is -2.50. The van der Waals surface area contributed by atoms with Gasteiger partial charge in [-0.15, -0.1) is 0 Å². The topological polar surface area (TPSA) is 96.0 Å². The van der Waals surface area contributed by atoms with Gasteiger partial charge >= 0.3 is 0 Å². The molecule has 2 amide bonds. The van der Waals surface area contributed by atoms with Crippen molar-refractivity contribution in [2.75, 3.05) is 37.3 Å². The van der Waals surface area contributed by atoms with Crippen molar-refractivity contribution in [1.82, 2.24) is 10.2 Å². The fourth-order valence-corrected chi connectivity index (χ4v) is 5.21. The fraction of sp³-hybridized carbons (Fsp3) is 0.462. The molecule has 0 unspecified atom stereocenters. The molecule has 8 nitrogen and oxygen atoms in total. The summed E-state index contributed by atoms with van der Waals surface area (Å²) in [6.45, 7) is 4.68. The molecule has 0 saturated heterocycles. The number of rotatable bonds is 14. The first-order valence-corrected chi connectivity index (χ1v) is 14.3. The lowest BCUT2D eigenvalue weighted by atomic mass is 10.1. The minimum absolute atomic E-state index is 0.0949. The van der Waals surface area contributed by atoms with Gasteiger partial charge in [0, 0.05) is 26.1 Å². The summed E-state index contributed by atoms with van der Waals surface area (Å²) < 4.78 is 31.3. The first-order chi connectivity index (χ1) is 17.1. The molecule has 0 aromatic heterocycles. The lowest BCUT2D eigenvalue weighted by Gasteiger charge is -2.31. The molecule has 0 aliphatic carbocycles. The largest absolute Gasteiger partial charge is 0.495 e. The number of anilines is 1. The zero-order valence-electron chi connectivity index (χ0n) is 21.4. The molecule has 0 bridgehead atoms. The van der Waals surface area contributed by atoms with E-state index in [1.54, 1.807) is 17.0 Å². The van der Waals surface area contributed by atoms with Crippen LogP contribution in [0.5, 0.6) is 5.75 Å². The van der Waals surface area contributed by atoms with Gasteiger partial charge in [-0.2, -0.15) is 0 Å². The van der Waals surface area contributed by atoms with Crippen molar-refractivity contribution in [2.24, 2.45) is 0 Å². The predicted octanol–water partition coefficient (Wildman–Crippen LogP) is 3.88. The number of nitrogens with zero attached hydrogens (tertiary/aromatic N) is 2. The summed E-state index contributed by atoms with van der Waals surface area (Å²) >= 11 is 6.20. The molecule has 0 spiro atoms. The van der Waals surface area contributed by atoms with Crippen LogP contribution in [-0.4, -0.2) is 64.2 Å². The maximum Gasteiger partial charge on any atom is 0.242 e. The minimum atomic E-state index is -3.62. The van der Waals surface area contributed by atoms with E-state index < -0.39 is 16.1 Å². The summed E-state index contributed by atoms with van der Waals surface area (Å²) in [7, 11) is -2.13. The van der Waals surface area contributed by atoms with Gasteiger partial charge in [0.2, 0.25) is 21.8 Å². The first-order valence-electron chi connectivity index (χ1n) is 12.0. The van der Waals surface area contributed by atoms with Crippen molar-refractivity contribution >= 4 is 39.1 Å². The van der Waals surface area contributed by atoms with Crippen LogP contribution in [0.15, 0.2) is 48.5 Å². The Hall–Kier alpha value is -2.78. The molecule has 2 aromatic carbocycles. The Bertz CT molecular complexity index is 1110. The number of ether oxygens (including phenoxy) is 1. The van der Waals surface area contributed by atoms with Gasteiger partial charge < -0.3 is 15.0 Å². The Kier molecular flexibility index (Phi) is 11.5. The Labute approximate surface area is 219 Å². The third-order valence-corrected chi connectivity index (χ3v) is 7.29. The van der Waals surface area contributed by atoms with E-state index in [1.165, 1.54) is 17.5 Å². The summed E-state index contributed by atoms with van der Waals surface area (Å²) in [5.74, 6) is 0.0614. The summed E-state index contributed by atoms with van der Waals surface area (Å²) in [6.07, 6.45) is 2.58. The van der Waals surface area contributed by atoms with Crippen molar-refractivity contribution in [3.8, 4) is 5.75 Å². The van der Waals surface area contributed by atoms with E-state index in [4.69, 9.17) is 16.3 Å². The normalized spacial score (nSPS) is 12.0. The van der Waals surface area contributed by atoms with Crippen molar-refractivity contribution in [3.63, 3.8) is 0 Å². The zero-order valence-corrected chi connectivity index (χ0v) is 22.9. The molecule has 0 aliphatic rings. The number of carbonyl (C=O) groups excluding carboxylic acids is 2. The zero-order chi connectivity index (χ0) is 26.7. The molecule has 0 saturated carbocycles. The van der Waals surface area contributed by atoms with Crippen LogP contribution in [0, 0.1) is 0 Å². The summed E-state index contributed by atoms with van der Waals surface area (Å²) in [4.78, 5) is 27.6. The number of methoxy groups -OCH3 is 1. The summed E-state index contributed by atoms with van der Waals surface area (Å²) in [5, 5.41) is 3.11. The fourth-order valence-electron chi connectivity index (χ4n) is 4.00. The molecule has 0 aliphatic heterocycles. The molecule has 10 heteroatoms. The average molecular weight is 538 g/mol. The average Bonchev–Trinajstić information content (AvgIpc) is 2.84. The Morgan fingerprint density at radius 1 is 1.08 bits per heavy atom. The van der Waals surface area contributed by atoms with Crippen LogP contribution in [0.1, 0.15) is 38.7 Å². The number of benzene rings is 2. The van der Waals surface area contributed by atoms with Crippen LogP contribution >= 0.6 is 11.6 Å². The predicted molar refractivity (Wildman–Crippen MR) is 144 cm³/mol. The SMILES string of the molecule is CCNC(=O)[C@H](CC)N(CCc1ccccc1)C(=O)CCCN(c1ccc(OC)c(Cl)c1)S(C)(=O)=O. The van der Waals surface area contributed by atoms with E-state index in [1.807, 2.05) is 44.2 Å². The highest BCUT2D eigenvalue weighted by Crippen LogP contribution is 2.30. The van der Waals surface area contributed by atoms with Gasteiger partial charge in [0.1, 0.15) is 11.8 Å². The van der Waals surface area contributed by atoms with Gasteiger partial charge in [-0.1, -0.05) is 48.9 Å². The number of hydrogen-bond donors (Lipinski definition) is 1. The van der Waals surface area contributed by atoms with Gasteiger partial charge in [-0.05, 0) is 49.9 Å². The van der Waals surface area contributed by atoms with E-state index >= 15 is 0 Å². The van der Waals surface area contributed by atoms with Crippen LogP contribution in [-0.2, 0) is 26.0 Å². The van der Waals surface area contributed by atoms with Crippen molar-refractivity contribution in [2.45, 2.75) is 45.6 Å². The summed E-state index contributed by atoms with van der Waals surface area (Å²) in [6, 6.07) is 13.9. The van der Waals surface area contributed by atoms with Crippen molar-refractivity contribution < 1.29 is 22.7 Å². The smallest absolute Gasteiger partial charge is 0.242 e. The molecule has 1 N–H and O–H groups in total. The molecule has 2 aromatic rings. The Morgan fingerprint density at radius 2 is 1.78 bits per heavy atom. The number of hydrogen-bond acceptors (Lipinski definition) is 5. The number of amides is 2. The third kappa shape index (κ3) is 8.41. The van der Waals surface area contributed by atoms with Gasteiger partial charge in [-0.25, -0.2) is 8.42 Å². The molecule has 2 rings (SSSR count). The van der Waals surface area contributed by atoms with Gasteiger partial charge in [0.05, 0.1) is 24.1 Å². The maximum absolute atomic E-state index is 13.3. The second-order valence-electron chi connectivity index (χ2n) is 8.40. The van der Waals surface area contributed by atoms with Crippen LogP contribution in [0.4, 0.5) is 5.69 Å². The van der Waals surface area contributed by atoms with Crippen molar-refractivity contribution in [1.29, 1.82) is 0 Å². The Morgan fingerprint density at radius 3 is 2.33 bits per heavy atom. The number of carbonyl (C=O) groups is 2. The third-order valence-electron chi connectivity index (χ3n) is 5.80. The number of sulfonamides is 1. The van der Waals surface area contributed by atoms with Crippen LogP contribution in [0.25, 0.3) is 0 Å². The second kappa shape index (κ2) is 14.1. The minimum Gasteiger partial charge on any atom is -0.495 e. The summed E-state index contributed by atoms with van der Waals surface area (Å²) in [5.41, 5.74) is 1.46. The van der Waals surface area contributed by atoms with E-state index in [0.29, 0.717) is 42.4 Å². The van der Waals surface area contributed by atoms with Gasteiger partial charge in [0.15, 0.2) is 0 Å². The number of likely N-dealkylation sites (N-methyl/N-ethyl adjacent to an activating group) is 1. The van der Waals surface area contributed by atoms with E-state index in [9.17, 15) is 18.0 Å². The molecule has 1 atom stereocenters. The van der Waals surface area contributed by atoms with Gasteiger partial charge in [0.25, 0.3) is 0 Å². The molecule has 198 valence electrons. The number of nitrogens with one attached hydrogen (secondary N) is 1. The molecule has 0 radical (unpaired) electrons. The van der Waals surface area contributed by atoms with Gasteiger partial charge in [-0.3, -0.25) is 13.9 Å². The molecule has 0 heterocycles. The monoisotopic (exact) mass is 537 g/mol. The highest BCUT2D eigenvalue weighted by atomic mass is 35.5. The molecular formula is C26H36ClN3O5S. The van der Waals surface area contributed by atoms with Crippen molar-refractivity contribution in [3.05, 3.63) is 59.1 Å². The molecular weight excluding hydrogens is 502 g/mol. The number of halogens is 1. The van der Waals surface area contributed by atoms with E-state index in [-0.39, 0.29) is 31.2 Å². The quantitative estimate of drug-likeness (QED) is 0.394. The second-order valence-corrected chi connectivity index (χ2v) is 10.7. The van der Waals surface area contributed by atoms with Crippen LogP contribution < -0.4 is 14.4 Å². The molecule has 0 fully saturated rings. The first kappa shape index (κ1) is 29.5. The Balaban J connectivity index is 2.16. The highest BCUT2D eigenvalue weighted by molar-refractivity contribution is 7.92. The van der Waals surface area contributed by atoms with E-state index in [2.05, 4.69) is 5.32 Å². The van der Waals surface area contributed by atoms with Crippen LogP contribution in [0.3, 0.4) is 0 Å². The maximum atomic E-state index is 13.3. The molecule has 36 heavy (non-hydrogen) atoms.